The first-order chi connectivity index (χ1) is 9.08. The van der Waals surface area contributed by atoms with E-state index in [4.69, 9.17) is 9.47 Å². The van der Waals surface area contributed by atoms with Crippen molar-refractivity contribution in [2.45, 2.75) is 25.8 Å². The Morgan fingerprint density at radius 1 is 1.16 bits per heavy atom. The quantitative estimate of drug-likeness (QED) is 0.908. The topological polar surface area (TPSA) is 33.7 Å². The van der Waals surface area contributed by atoms with E-state index in [9.17, 15) is 0 Å². The highest BCUT2D eigenvalue weighted by Crippen LogP contribution is 2.34. The molecule has 0 aliphatic carbocycles. The van der Waals surface area contributed by atoms with Gasteiger partial charge in [-0.15, -0.1) is 0 Å². The van der Waals surface area contributed by atoms with Crippen molar-refractivity contribution in [2.24, 2.45) is 0 Å². The van der Waals surface area contributed by atoms with E-state index >= 15 is 0 Å². The molecule has 1 N–H and O–H groups in total. The van der Waals surface area contributed by atoms with Crippen molar-refractivity contribution in [1.82, 2.24) is 5.32 Å². The van der Waals surface area contributed by atoms with Crippen molar-refractivity contribution in [1.29, 1.82) is 0 Å². The molecule has 1 aromatic rings. The van der Waals surface area contributed by atoms with E-state index in [1.807, 2.05) is 6.07 Å². The number of hydrogen-bond acceptors (Lipinski definition) is 4. The number of hydrogen-bond donors (Lipinski definition) is 1. The summed E-state index contributed by atoms with van der Waals surface area (Å²) in [4.78, 5) is 2.44. The van der Waals surface area contributed by atoms with Gasteiger partial charge in [0, 0.05) is 30.4 Å². The molecular weight excluding hydrogens is 240 g/mol. The lowest BCUT2D eigenvalue weighted by molar-refractivity contribution is 0.354. The van der Waals surface area contributed by atoms with Crippen LogP contribution in [0.2, 0.25) is 0 Å². The summed E-state index contributed by atoms with van der Waals surface area (Å²) in [5.74, 6) is 1.56. The second kappa shape index (κ2) is 5.70. The molecule has 0 unspecified atom stereocenters. The van der Waals surface area contributed by atoms with Gasteiger partial charge in [0.2, 0.25) is 0 Å². The second-order valence-electron chi connectivity index (χ2n) is 5.53. The number of rotatable bonds is 3. The Labute approximate surface area is 115 Å². The van der Waals surface area contributed by atoms with Gasteiger partial charge in [-0.1, -0.05) is 0 Å². The van der Waals surface area contributed by atoms with E-state index in [1.54, 1.807) is 14.2 Å². The fourth-order valence-corrected chi connectivity index (χ4v) is 2.63. The Balaban J connectivity index is 2.33. The smallest absolute Gasteiger partial charge is 0.162 e. The molecule has 2 rings (SSSR count). The zero-order chi connectivity index (χ0) is 13.9. The average molecular weight is 264 g/mol. The summed E-state index contributed by atoms with van der Waals surface area (Å²) in [6, 6.07) is 6.14. The molecule has 1 aliphatic rings. The Kier molecular flexibility index (Phi) is 4.20. The highest BCUT2D eigenvalue weighted by Gasteiger charge is 2.28. The maximum Gasteiger partial charge on any atom is 0.162 e. The van der Waals surface area contributed by atoms with Crippen molar-refractivity contribution >= 4 is 5.69 Å². The first-order valence-electron chi connectivity index (χ1n) is 6.79. The van der Waals surface area contributed by atoms with Gasteiger partial charge >= 0.3 is 0 Å². The Morgan fingerprint density at radius 3 is 2.58 bits per heavy atom. The van der Waals surface area contributed by atoms with Crippen LogP contribution in [0.15, 0.2) is 18.2 Å². The zero-order valence-electron chi connectivity index (χ0n) is 12.3. The molecule has 0 atom stereocenters. The van der Waals surface area contributed by atoms with Gasteiger partial charge in [0.25, 0.3) is 0 Å². The van der Waals surface area contributed by atoms with Gasteiger partial charge in [-0.3, -0.25) is 0 Å². The number of ether oxygens (including phenoxy) is 2. The fourth-order valence-electron chi connectivity index (χ4n) is 2.63. The highest BCUT2D eigenvalue weighted by atomic mass is 16.5. The molecule has 0 saturated carbocycles. The van der Waals surface area contributed by atoms with Gasteiger partial charge in [0.05, 0.1) is 14.2 Å². The molecule has 1 saturated heterocycles. The van der Waals surface area contributed by atoms with Crippen LogP contribution in [0, 0.1) is 0 Å². The number of anilines is 1. The molecule has 0 amide bonds. The maximum absolute atomic E-state index is 5.40. The van der Waals surface area contributed by atoms with Crippen LogP contribution < -0.4 is 19.7 Å². The summed E-state index contributed by atoms with van der Waals surface area (Å²) >= 11 is 0. The van der Waals surface area contributed by atoms with Gasteiger partial charge in [-0.2, -0.15) is 0 Å². The van der Waals surface area contributed by atoms with Crippen LogP contribution in [0.3, 0.4) is 0 Å². The normalized spacial score (nSPS) is 18.8. The molecule has 0 aromatic heterocycles. The SMILES string of the molecule is COc1ccc(N2CCCNCC2(C)C)cc1OC. The summed E-state index contributed by atoms with van der Waals surface area (Å²) in [5.41, 5.74) is 1.28. The first-order valence-corrected chi connectivity index (χ1v) is 6.79. The van der Waals surface area contributed by atoms with E-state index in [0.717, 1.165) is 37.6 Å². The molecule has 4 heteroatoms. The lowest BCUT2D eigenvalue weighted by Crippen LogP contribution is -2.48. The van der Waals surface area contributed by atoms with Crippen molar-refractivity contribution in [2.75, 3.05) is 38.8 Å². The van der Waals surface area contributed by atoms with Crippen LogP contribution in [0.5, 0.6) is 11.5 Å². The molecule has 1 aliphatic heterocycles. The molecule has 4 nitrogen and oxygen atoms in total. The molecule has 1 fully saturated rings. The minimum Gasteiger partial charge on any atom is -0.493 e. The molecule has 0 bridgehead atoms. The summed E-state index contributed by atoms with van der Waals surface area (Å²) in [6.45, 7) is 7.65. The van der Waals surface area contributed by atoms with Crippen LogP contribution in [0.25, 0.3) is 0 Å². The van der Waals surface area contributed by atoms with Gasteiger partial charge in [-0.05, 0) is 38.9 Å². The van der Waals surface area contributed by atoms with Gasteiger partial charge < -0.3 is 19.7 Å². The predicted molar refractivity (Wildman–Crippen MR) is 78.5 cm³/mol. The van der Waals surface area contributed by atoms with E-state index in [1.165, 1.54) is 5.69 Å². The van der Waals surface area contributed by atoms with Crippen molar-refractivity contribution < 1.29 is 9.47 Å². The second-order valence-corrected chi connectivity index (χ2v) is 5.53. The average Bonchev–Trinajstić information content (AvgIpc) is 2.58. The maximum atomic E-state index is 5.40. The number of nitrogens with zero attached hydrogens (tertiary/aromatic N) is 1. The van der Waals surface area contributed by atoms with Crippen LogP contribution in [0.4, 0.5) is 5.69 Å². The monoisotopic (exact) mass is 264 g/mol. The molecule has 106 valence electrons. The lowest BCUT2D eigenvalue weighted by atomic mass is 10.0. The Hall–Kier alpha value is -1.42. The van der Waals surface area contributed by atoms with Gasteiger partial charge in [0.15, 0.2) is 11.5 Å². The van der Waals surface area contributed by atoms with Crippen molar-refractivity contribution in [3.63, 3.8) is 0 Å². The largest absolute Gasteiger partial charge is 0.493 e. The van der Waals surface area contributed by atoms with E-state index < -0.39 is 0 Å². The van der Waals surface area contributed by atoms with Crippen LogP contribution >= 0.6 is 0 Å². The van der Waals surface area contributed by atoms with Gasteiger partial charge in [-0.25, -0.2) is 0 Å². The minimum atomic E-state index is 0.0934. The predicted octanol–water partition coefficient (Wildman–Crippen LogP) is 2.28. The number of nitrogens with one attached hydrogen (secondary N) is 1. The number of benzene rings is 1. The summed E-state index contributed by atoms with van der Waals surface area (Å²) < 4.78 is 10.7. The Morgan fingerprint density at radius 2 is 1.89 bits per heavy atom. The molecule has 0 spiro atoms. The third-order valence-electron chi connectivity index (χ3n) is 3.70. The highest BCUT2D eigenvalue weighted by molar-refractivity contribution is 5.58. The fraction of sp³-hybridized carbons (Fsp3) is 0.600. The lowest BCUT2D eigenvalue weighted by Gasteiger charge is -2.39. The van der Waals surface area contributed by atoms with Crippen molar-refractivity contribution in [3.8, 4) is 11.5 Å². The summed E-state index contributed by atoms with van der Waals surface area (Å²) in [5, 5.41) is 3.49. The summed E-state index contributed by atoms with van der Waals surface area (Å²) in [6.07, 6.45) is 1.15. The van der Waals surface area contributed by atoms with E-state index in [0.29, 0.717) is 0 Å². The molecular formula is C15H24N2O2. The minimum absolute atomic E-state index is 0.0934. The third-order valence-corrected chi connectivity index (χ3v) is 3.70. The summed E-state index contributed by atoms with van der Waals surface area (Å²) in [7, 11) is 3.34. The number of methoxy groups -OCH3 is 2. The molecule has 0 radical (unpaired) electrons. The van der Waals surface area contributed by atoms with Crippen LogP contribution in [-0.2, 0) is 0 Å². The molecule has 1 heterocycles. The van der Waals surface area contributed by atoms with Gasteiger partial charge in [0.1, 0.15) is 0 Å². The Bertz CT molecular complexity index is 432. The standard InChI is InChI=1S/C15H24N2O2/c1-15(2)11-16-8-5-9-17(15)12-6-7-13(18-3)14(10-12)19-4/h6-7,10,16H,5,8-9,11H2,1-4H3. The van der Waals surface area contributed by atoms with E-state index in [-0.39, 0.29) is 5.54 Å². The van der Waals surface area contributed by atoms with Crippen LogP contribution in [0.1, 0.15) is 20.3 Å². The molecule has 1 aromatic carbocycles. The first kappa shape index (κ1) is 14.0. The third kappa shape index (κ3) is 2.95. The van der Waals surface area contributed by atoms with Crippen LogP contribution in [-0.4, -0.2) is 39.4 Å². The zero-order valence-corrected chi connectivity index (χ0v) is 12.3. The van der Waals surface area contributed by atoms with E-state index in [2.05, 4.69) is 36.2 Å². The van der Waals surface area contributed by atoms with Crippen molar-refractivity contribution in [3.05, 3.63) is 18.2 Å². The molecule has 19 heavy (non-hydrogen) atoms.